The lowest BCUT2D eigenvalue weighted by molar-refractivity contribution is 0.146. The molecule has 2 unspecified atom stereocenters. The second-order valence-electron chi connectivity index (χ2n) is 12.1. The number of aryl methyl sites for hydroxylation is 2. The van der Waals surface area contributed by atoms with Gasteiger partial charge in [-0.25, -0.2) is 18.2 Å². The molecule has 6 rings (SSSR count). The third kappa shape index (κ3) is 7.57. The number of anilines is 2. The molecule has 1 fully saturated rings. The van der Waals surface area contributed by atoms with Crippen molar-refractivity contribution in [1.82, 2.24) is 30.1 Å². The van der Waals surface area contributed by atoms with Crippen molar-refractivity contribution in [2.45, 2.75) is 75.0 Å². The number of benzene rings is 2. The maximum absolute atomic E-state index is 13.2. The van der Waals surface area contributed by atoms with Gasteiger partial charge in [-0.3, -0.25) is 4.72 Å². The molecule has 3 heterocycles. The van der Waals surface area contributed by atoms with Crippen LogP contribution in [0.1, 0.15) is 62.2 Å². The van der Waals surface area contributed by atoms with Crippen LogP contribution < -0.4 is 26.2 Å². The van der Waals surface area contributed by atoms with Gasteiger partial charge >= 0.3 is 5.69 Å². The van der Waals surface area contributed by atoms with Gasteiger partial charge in [-0.15, -0.1) is 0 Å². The molecule has 1 aliphatic heterocycles. The summed E-state index contributed by atoms with van der Waals surface area (Å²) in [6, 6.07) is 14.7. The van der Waals surface area contributed by atoms with Gasteiger partial charge in [0, 0.05) is 37.1 Å². The van der Waals surface area contributed by atoms with Crippen LogP contribution in [0.2, 0.25) is 0 Å². The summed E-state index contributed by atoms with van der Waals surface area (Å²) in [4.78, 5) is 17.0. The second kappa shape index (κ2) is 14.0. The van der Waals surface area contributed by atoms with Crippen LogP contribution >= 0.6 is 0 Å². The average molecular weight is 649 g/mol. The van der Waals surface area contributed by atoms with Gasteiger partial charge in [-0.1, -0.05) is 38.2 Å². The first-order valence-corrected chi connectivity index (χ1v) is 17.3. The molecule has 2 aliphatic rings. The van der Waals surface area contributed by atoms with Crippen LogP contribution in [0, 0.1) is 5.92 Å². The molecule has 14 heteroatoms. The van der Waals surface area contributed by atoms with Gasteiger partial charge in [0.15, 0.2) is 0 Å². The van der Waals surface area contributed by atoms with E-state index in [1.54, 1.807) is 54.7 Å². The maximum atomic E-state index is 13.2. The molecule has 5 N–H and O–H groups in total. The molecule has 244 valence electrons. The fraction of sp³-hybridized carbons (Fsp3) is 0.438. The molecule has 1 saturated carbocycles. The van der Waals surface area contributed by atoms with Crippen LogP contribution in [0.5, 0.6) is 5.75 Å². The summed E-state index contributed by atoms with van der Waals surface area (Å²) in [6.45, 7) is 1.40. The number of fused-ring (bicyclic) bond motifs is 1. The number of sulfonamides is 1. The van der Waals surface area contributed by atoms with Crippen molar-refractivity contribution < 1.29 is 18.3 Å². The summed E-state index contributed by atoms with van der Waals surface area (Å²) < 4.78 is 37.8. The van der Waals surface area contributed by atoms with E-state index in [1.165, 1.54) is 47.5 Å². The Hall–Kier alpha value is -4.27. The number of aliphatic hydroxyl groups excluding tert-OH is 1. The number of nitrogens with two attached hydrogens (primary N) is 1. The third-order valence-electron chi connectivity index (χ3n) is 8.75. The predicted octanol–water partition coefficient (Wildman–Crippen LogP) is 3.19. The predicted molar refractivity (Wildman–Crippen MR) is 173 cm³/mol. The first kappa shape index (κ1) is 31.7. The molecule has 0 bridgehead atoms. The van der Waals surface area contributed by atoms with Crippen LogP contribution in [0.25, 0.3) is 5.69 Å². The van der Waals surface area contributed by atoms with Crippen molar-refractivity contribution >= 4 is 21.5 Å². The summed E-state index contributed by atoms with van der Waals surface area (Å²) in [6.07, 6.45) is 9.19. The number of aliphatic hydroxyl groups is 1. The Morgan fingerprint density at radius 1 is 1.02 bits per heavy atom. The molecule has 0 saturated heterocycles. The molecule has 2 atom stereocenters. The minimum atomic E-state index is -3.87. The summed E-state index contributed by atoms with van der Waals surface area (Å²) in [5.41, 5.74) is 7.65. The molecular formula is C32H40N8O5S. The van der Waals surface area contributed by atoms with Gasteiger partial charge in [-0.05, 0) is 89.7 Å². The van der Waals surface area contributed by atoms with Gasteiger partial charge in [0.2, 0.25) is 0 Å². The highest BCUT2D eigenvalue weighted by Gasteiger charge is 2.23. The van der Waals surface area contributed by atoms with Crippen molar-refractivity contribution in [2.75, 3.05) is 23.5 Å². The SMILES string of the molecule is Nc1ccc(C(O)CNCC2CCc3cc(S(=O)(=O)Nc4ccc(-n5nnn(CCC6CCCCC6)c5=O)cc4)ccc3O2)cn1. The number of rotatable bonds is 12. The van der Waals surface area contributed by atoms with Crippen molar-refractivity contribution in [3.8, 4) is 11.4 Å². The zero-order valence-corrected chi connectivity index (χ0v) is 26.4. The first-order valence-electron chi connectivity index (χ1n) is 15.8. The highest BCUT2D eigenvalue weighted by molar-refractivity contribution is 7.92. The minimum Gasteiger partial charge on any atom is -0.489 e. The van der Waals surface area contributed by atoms with Crippen LogP contribution in [0.3, 0.4) is 0 Å². The highest BCUT2D eigenvalue weighted by Crippen LogP contribution is 2.31. The highest BCUT2D eigenvalue weighted by atomic mass is 32.2. The number of aromatic nitrogens is 5. The number of pyridine rings is 1. The van der Waals surface area contributed by atoms with Gasteiger partial charge in [0.1, 0.15) is 17.7 Å². The van der Waals surface area contributed by atoms with E-state index < -0.39 is 16.1 Å². The number of tetrazole rings is 1. The van der Waals surface area contributed by atoms with E-state index >= 15 is 0 Å². The number of hydrogen-bond acceptors (Lipinski definition) is 10. The van der Waals surface area contributed by atoms with Crippen LogP contribution in [0.15, 0.2) is 70.5 Å². The minimum absolute atomic E-state index is 0.116. The second-order valence-corrected chi connectivity index (χ2v) is 13.8. The lowest BCUT2D eigenvalue weighted by atomic mass is 9.87. The van der Waals surface area contributed by atoms with E-state index in [1.807, 2.05) is 0 Å². The first-order chi connectivity index (χ1) is 22.2. The zero-order chi connectivity index (χ0) is 32.1. The lowest BCUT2D eigenvalue weighted by Gasteiger charge is -2.27. The van der Waals surface area contributed by atoms with Gasteiger partial charge < -0.3 is 20.9 Å². The number of ether oxygens (including phenoxy) is 1. The molecule has 0 amide bonds. The molecule has 0 radical (unpaired) electrons. The molecule has 2 aromatic carbocycles. The molecule has 0 spiro atoms. The van der Waals surface area contributed by atoms with Gasteiger partial charge in [0.25, 0.3) is 10.0 Å². The van der Waals surface area contributed by atoms with Crippen LogP contribution in [-0.4, -0.2) is 57.5 Å². The summed E-state index contributed by atoms with van der Waals surface area (Å²) >= 11 is 0. The number of nitrogens with one attached hydrogen (secondary N) is 2. The van der Waals surface area contributed by atoms with E-state index in [2.05, 4.69) is 25.4 Å². The van der Waals surface area contributed by atoms with Crippen molar-refractivity contribution in [3.63, 3.8) is 0 Å². The molecule has 4 aromatic rings. The number of nitrogens with zero attached hydrogens (tertiary/aromatic N) is 5. The Morgan fingerprint density at radius 3 is 2.59 bits per heavy atom. The number of nitrogen functional groups attached to an aromatic ring is 1. The third-order valence-corrected chi connectivity index (χ3v) is 10.1. The normalized spacial score (nSPS) is 17.6. The van der Waals surface area contributed by atoms with Crippen molar-refractivity contribution in [2.24, 2.45) is 5.92 Å². The number of hydrogen-bond donors (Lipinski definition) is 4. The summed E-state index contributed by atoms with van der Waals surface area (Å²) in [7, 11) is -3.87. The zero-order valence-electron chi connectivity index (χ0n) is 25.6. The van der Waals surface area contributed by atoms with E-state index in [0.717, 1.165) is 12.0 Å². The smallest absolute Gasteiger partial charge is 0.368 e. The summed E-state index contributed by atoms with van der Waals surface area (Å²) in [5.74, 6) is 1.67. The molecule has 1 aliphatic carbocycles. The van der Waals surface area contributed by atoms with Gasteiger partial charge in [0.05, 0.1) is 16.7 Å². The maximum Gasteiger partial charge on any atom is 0.368 e. The van der Waals surface area contributed by atoms with Crippen LogP contribution in [0.4, 0.5) is 11.5 Å². The molecule has 46 heavy (non-hydrogen) atoms. The fourth-order valence-electron chi connectivity index (χ4n) is 6.09. The monoisotopic (exact) mass is 648 g/mol. The quantitative estimate of drug-likeness (QED) is 0.178. The lowest BCUT2D eigenvalue weighted by Crippen LogP contribution is -2.36. The Balaban J connectivity index is 1.02. The topological polar surface area (TPSA) is 179 Å². The van der Waals surface area contributed by atoms with E-state index in [0.29, 0.717) is 66.9 Å². The average Bonchev–Trinajstić information content (AvgIpc) is 3.44. The van der Waals surface area contributed by atoms with E-state index in [-0.39, 0.29) is 16.7 Å². The van der Waals surface area contributed by atoms with E-state index in [4.69, 9.17) is 10.5 Å². The molecule has 13 nitrogen and oxygen atoms in total. The van der Waals surface area contributed by atoms with E-state index in [9.17, 15) is 18.3 Å². The Labute approximate surface area is 267 Å². The van der Waals surface area contributed by atoms with Crippen molar-refractivity contribution in [1.29, 1.82) is 0 Å². The molecule has 2 aromatic heterocycles. The Morgan fingerprint density at radius 2 is 1.83 bits per heavy atom. The van der Waals surface area contributed by atoms with Crippen molar-refractivity contribution in [3.05, 3.63) is 82.4 Å². The Kier molecular flexibility index (Phi) is 9.66. The molecular weight excluding hydrogens is 608 g/mol. The largest absolute Gasteiger partial charge is 0.489 e. The summed E-state index contributed by atoms with van der Waals surface area (Å²) in [5, 5.41) is 21.7. The fourth-order valence-corrected chi connectivity index (χ4v) is 7.20. The standard InChI is InChI=1S/C32H40N8O5S/c33-31-15-7-24(19-35-31)29(41)21-34-20-27-12-6-23-18-28(13-14-30(23)45-27)46(43,44)36-25-8-10-26(11-9-25)40-32(42)39(37-38-40)17-16-22-4-2-1-3-5-22/h7-11,13-15,18-19,22,27,29,34,36,41H,1-6,12,16-17,20-21H2,(H2,33,35). The Bertz CT molecular complexity index is 1780. The van der Waals surface area contributed by atoms with Gasteiger partial charge in [-0.2, -0.15) is 9.36 Å². The van der Waals surface area contributed by atoms with Crippen LogP contribution in [-0.2, 0) is 23.0 Å².